The molecule has 0 aliphatic rings. The Balaban J connectivity index is 2.03. The van der Waals surface area contributed by atoms with E-state index in [0.29, 0.717) is 25.9 Å². The van der Waals surface area contributed by atoms with Gasteiger partial charge in [0.1, 0.15) is 6.04 Å². The summed E-state index contributed by atoms with van der Waals surface area (Å²) in [5.41, 5.74) is 3.52. The normalized spacial score (nSPS) is 11.7. The molecule has 0 fully saturated rings. The van der Waals surface area contributed by atoms with Crippen molar-refractivity contribution in [1.82, 2.24) is 10.2 Å². The Bertz CT molecular complexity index is 741. The Morgan fingerprint density at radius 1 is 0.964 bits per heavy atom. The van der Waals surface area contributed by atoms with Crippen LogP contribution < -0.4 is 5.32 Å². The molecule has 0 aromatic heterocycles. The predicted molar refractivity (Wildman–Crippen MR) is 114 cm³/mol. The number of carbonyl (C=O) groups excluding carboxylic acids is 2. The summed E-state index contributed by atoms with van der Waals surface area (Å²) in [6.07, 6.45) is 2.71. The van der Waals surface area contributed by atoms with Crippen LogP contribution in [0, 0.1) is 6.92 Å². The van der Waals surface area contributed by atoms with Crippen LogP contribution in [-0.4, -0.2) is 35.8 Å². The number of rotatable bonds is 10. The lowest BCUT2D eigenvalue weighted by molar-refractivity contribution is -0.139. The largest absolute Gasteiger partial charge is 0.354 e. The van der Waals surface area contributed by atoms with E-state index in [1.54, 1.807) is 4.90 Å². The van der Waals surface area contributed by atoms with E-state index in [-0.39, 0.29) is 11.8 Å². The number of amides is 2. The van der Waals surface area contributed by atoms with Gasteiger partial charge in [-0.2, -0.15) is 0 Å². The summed E-state index contributed by atoms with van der Waals surface area (Å²) < 4.78 is 0. The molecular formula is C24H32N2O2. The maximum atomic E-state index is 13.0. The van der Waals surface area contributed by atoms with Gasteiger partial charge in [0.2, 0.25) is 11.8 Å². The smallest absolute Gasteiger partial charge is 0.242 e. The Labute approximate surface area is 169 Å². The minimum absolute atomic E-state index is 0.0238. The van der Waals surface area contributed by atoms with E-state index < -0.39 is 6.04 Å². The molecule has 0 unspecified atom stereocenters. The van der Waals surface area contributed by atoms with E-state index in [1.165, 1.54) is 11.1 Å². The van der Waals surface area contributed by atoms with Gasteiger partial charge in [-0.1, -0.05) is 67.1 Å². The van der Waals surface area contributed by atoms with Crippen LogP contribution in [0.5, 0.6) is 0 Å². The number of hydrogen-bond acceptors (Lipinski definition) is 2. The molecule has 2 rings (SSSR count). The number of benzene rings is 2. The van der Waals surface area contributed by atoms with Gasteiger partial charge in [-0.25, -0.2) is 0 Å². The molecule has 1 N–H and O–H groups in total. The summed E-state index contributed by atoms with van der Waals surface area (Å²) in [6, 6.07) is 17.9. The molecule has 0 saturated carbocycles. The van der Waals surface area contributed by atoms with Gasteiger partial charge in [0, 0.05) is 19.5 Å². The van der Waals surface area contributed by atoms with Crippen LogP contribution in [0.2, 0.25) is 0 Å². The van der Waals surface area contributed by atoms with Crippen molar-refractivity contribution >= 4 is 11.8 Å². The van der Waals surface area contributed by atoms with Gasteiger partial charge >= 0.3 is 0 Å². The first kappa shape index (κ1) is 21.7. The van der Waals surface area contributed by atoms with Crippen molar-refractivity contribution in [2.45, 2.75) is 52.5 Å². The summed E-state index contributed by atoms with van der Waals surface area (Å²) in [5, 5.41) is 2.91. The molecule has 0 aliphatic heterocycles. The zero-order valence-corrected chi connectivity index (χ0v) is 17.3. The van der Waals surface area contributed by atoms with Crippen molar-refractivity contribution < 1.29 is 9.59 Å². The van der Waals surface area contributed by atoms with Crippen molar-refractivity contribution in [2.75, 3.05) is 13.1 Å². The third-order valence-corrected chi connectivity index (χ3v) is 4.95. The second-order valence-electron chi connectivity index (χ2n) is 7.28. The first-order valence-corrected chi connectivity index (χ1v) is 10.2. The highest BCUT2D eigenvalue weighted by molar-refractivity contribution is 5.87. The molecule has 1 atom stereocenters. The van der Waals surface area contributed by atoms with Crippen LogP contribution in [0.15, 0.2) is 54.6 Å². The predicted octanol–water partition coefficient (Wildman–Crippen LogP) is 3.91. The minimum Gasteiger partial charge on any atom is -0.354 e. The Morgan fingerprint density at radius 2 is 1.61 bits per heavy atom. The molecule has 0 saturated heterocycles. The van der Waals surface area contributed by atoms with Crippen LogP contribution in [0.3, 0.4) is 0 Å². The fourth-order valence-electron chi connectivity index (χ4n) is 3.12. The van der Waals surface area contributed by atoms with E-state index in [9.17, 15) is 9.59 Å². The third kappa shape index (κ3) is 6.84. The second kappa shape index (κ2) is 11.3. The lowest BCUT2D eigenvalue weighted by atomic mass is 10.1. The topological polar surface area (TPSA) is 49.4 Å². The zero-order valence-electron chi connectivity index (χ0n) is 17.3. The lowest BCUT2D eigenvalue weighted by Gasteiger charge is -2.29. The van der Waals surface area contributed by atoms with Crippen molar-refractivity contribution in [3.05, 3.63) is 71.3 Å². The highest BCUT2D eigenvalue weighted by Gasteiger charge is 2.25. The lowest BCUT2D eigenvalue weighted by Crippen LogP contribution is -2.49. The van der Waals surface area contributed by atoms with E-state index in [4.69, 9.17) is 0 Å². The molecule has 4 nitrogen and oxygen atoms in total. The van der Waals surface area contributed by atoms with E-state index >= 15 is 0 Å². The quantitative estimate of drug-likeness (QED) is 0.679. The molecular weight excluding hydrogens is 348 g/mol. The summed E-state index contributed by atoms with van der Waals surface area (Å²) in [7, 11) is 0. The fourth-order valence-corrected chi connectivity index (χ4v) is 3.12. The number of carbonyl (C=O) groups is 2. The SMILES string of the molecule is CCCNC(=O)[C@@H](C)N(CCc1ccccc1)C(=O)CCc1ccc(C)cc1. The van der Waals surface area contributed by atoms with E-state index in [1.807, 2.05) is 32.0 Å². The number of aryl methyl sites for hydroxylation is 2. The third-order valence-electron chi connectivity index (χ3n) is 4.95. The van der Waals surface area contributed by atoms with Crippen LogP contribution in [0.4, 0.5) is 0 Å². The zero-order chi connectivity index (χ0) is 20.4. The van der Waals surface area contributed by atoms with E-state index in [2.05, 4.69) is 48.6 Å². The summed E-state index contributed by atoms with van der Waals surface area (Å²) in [4.78, 5) is 27.2. The Morgan fingerprint density at radius 3 is 2.25 bits per heavy atom. The van der Waals surface area contributed by atoms with Gasteiger partial charge < -0.3 is 10.2 Å². The van der Waals surface area contributed by atoms with Gasteiger partial charge in [0.05, 0.1) is 0 Å². The summed E-state index contributed by atoms with van der Waals surface area (Å²) >= 11 is 0. The van der Waals surface area contributed by atoms with Crippen molar-refractivity contribution in [3.8, 4) is 0 Å². The number of nitrogens with one attached hydrogen (secondary N) is 1. The maximum absolute atomic E-state index is 13.0. The molecule has 4 heteroatoms. The molecule has 0 aliphatic carbocycles. The molecule has 0 spiro atoms. The van der Waals surface area contributed by atoms with Crippen LogP contribution >= 0.6 is 0 Å². The average Bonchev–Trinajstić information content (AvgIpc) is 2.72. The summed E-state index contributed by atoms with van der Waals surface area (Å²) in [5.74, 6) is -0.0609. The molecule has 28 heavy (non-hydrogen) atoms. The standard InChI is InChI=1S/C24H32N2O2/c1-4-17-25-24(28)20(3)26(18-16-21-8-6-5-7-9-21)23(27)15-14-22-12-10-19(2)11-13-22/h5-13,20H,4,14-18H2,1-3H3,(H,25,28)/t20-/m1/s1. The average molecular weight is 381 g/mol. The number of hydrogen-bond donors (Lipinski definition) is 1. The van der Waals surface area contributed by atoms with Gasteiger partial charge in [-0.15, -0.1) is 0 Å². The highest BCUT2D eigenvalue weighted by Crippen LogP contribution is 2.11. The first-order chi connectivity index (χ1) is 13.5. The Kier molecular flexibility index (Phi) is 8.73. The Hall–Kier alpha value is -2.62. The highest BCUT2D eigenvalue weighted by atomic mass is 16.2. The van der Waals surface area contributed by atoms with Gasteiger partial charge in [-0.05, 0) is 44.2 Å². The molecule has 2 aromatic rings. The number of nitrogens with zero attached hydrogens (tertiary/aromatic N) is 1. The second-order valence-corrected chi connectivity index (χ2v) is 7.28. The molecule has 2 aromatic carbocycles. The molecule has 2 amide bonds. The van der Waals surface area contributed by atoms with Crippen LogP contribution in [0.1, 0.15) is 43.4 Å². The minimum atomic E-state index is -0.471. The van der Waals surface area contributed by atoms with Gasteiger partial charge in [0.15, 0.2) is 0 Å². The molecule has 0 heterocycles. The first-order valence-electron chi connectivity index (χ1n) is 10.2. The van der Waals surface area contributed by atoms with Crippen molar-refractivity contribution in [3.63, 3.8) is 0 Å². The monoisotopic (exact) mass is 380 g/mol. The van der Waals surface area contributed by atoms with Gasteiger partial charge in [0.25, 0.3) is 0 Å². The van der Waals surface area contributed by atoms with E-state index in [0.717, 1.165) is 18.4 Å². The molecule has 0 bridgehead atoms. The van der Waals surface area contributed by atoms with Crippen LogP contribution in [0.25, 0.3) is 0 Å². The van der Waals surface area contributed by atoms with Gasteiger partial charge in [-0.3, -0.25) is 9.59 Å². The molecule has 0 radical (unpaired) electrons. The molecule has 150 valence electrons. The van der Waals surface area contributed by atoms with Crippen molar-refractivity contribution in [1.29, 1.82) is 0 Å². The van der Waals surface area contributed by atoms with Crippen LogP contribution in [-0.2, 0) is 22.4 Å². The fraction of sp³-hybridized carbons (Fsp3) is 0.417. The van der Waals surface area contributed by atoms with Crippen molar-refractivity contribution in [2.24, 2.45) is 0 Å². The maximum Gasteiger partial charge on any atom is 0.242 e. The summed E-state index contributed by atoms with van der Waals surface area (Å²) in [6.45, 7) is 7.06.